The number of carbonyl (C=O) groups is 1. The highest BCUT2D eigenvalue weighted by Gasteiger charge is 2.28. The Bertz CT molecular complexity index is 854. The first-order valence-electron chi connectivity index (χ1n) is 8.55. The lowest BCUT2D eigenvalue weighted by Gasteiger charge is -2.36. The molecule has 1 N–H and O–H groups in total. The SMILES string of the molecule is O=C1N=C(N2CCN(c3ccccc3)CC2)S/C1=C/c1ccc(O)cc1. The smallest absolute Gasteiger partial charge is 0.286 e. The van der Waals surface area contributed by atoms with Crippen molar-refractivity contribution in [2.45, 2.75) is 0 Å². The van der Waals surface area contributed by atoms with E-state index in [0.717, 1.165) is 36.9 Å². The summed E-state index contributed by atoms with van der Waals surface area (Å²) in [4.78, 5) is 21.6. The average molecular weight is 365 g/mol. The second kappa shape index (κ2) is 7.25. The Hall–Kier alpha value is -2.73. The lowest BCUT2D eigenvalue weighted by Crippen LogP contribution is -2.47. The van der Waals surface area contributed by atoms with E-state index in [2.05, 4.69) is 39.1 Å². The van der Waals surface area contributed by atoms with Crippen molar-refractivity contribution >= 4 is 34.6 Å². The Kier molecular flexibility index (Phi) is 4.67. The van der Waals surface area contributed by atoms with Gasteiger partial charge >= 0.3 is 0 Å². The summed E-state index contributed by atoms with van der Waals surface area (Å²) < 4.78 is 0. The molecule has 2 aliphatic heterocycles. The van der Waals surface area contributed by atoms with Crippen molar-refractivity contribution in [3.8, 4) is 5.75 Å². The van der Waals surface area contributed by atoms with Crippen molar-refractivity contribution in [3.05, 3.63) is 65.1 Å². The maximum absolute atomic E-state index is 12.2. The van der Waals surface area contributed by atoms with E-state index in [1.165, 1.54) is 17.4 Å². The van der Waals surface area contributed by atoms with Crippen molar-refractivity contribution in [3.63, 3.8) is 0 Å². The first-order valence-corrected chi connectivity index (χ1v) is 9.37. The number of rotatable bonds is 2. The monoisotopic (exact) mass is 365 g/mol. The second-order valence-electron chi connectivity index (χ2n) is 6.21. The highest BCUT2D eigenvalue weighted by Crippen LogP contribution is 2.31. The molecule has 0 saturated carbocycles. The van der Waals surface area contributed by atoms with Gasteiger partial charge in [-0.1, -0.05) is 30.3 Å². The van der Waals surface area contributed by atoms with E-state index in [0.29, 0.717) is 4.91 Å². The van der Waals surface area contributed by atoms with Crippen LogP contribution in [0.1, 0.15) is 5.56 Å². The van der Waals surface area contributed by atoms with Crippen molar-refractivity contribution in [1.82, 2.24) is 4.90 Å². The topological polar surface area (TPSA) is 56.1 Å². The number of hydrogen-bond donors (Lipinski definition) is 1. The van der Waals surface area contributed by atoms with Crippen LogP contribution in [0.4, 0.5) is 5.69 Å². The van der Waals surface area contributed by atoms with Gasteiger partial charge < -0.3 is 14.9 Å². The van der Waals surface area contributed by atoms with E-state index in [-0.39, 0.29) is 11.7 Å². The van der Waals surface area contributed by atoms with Crippen LogP contribution >= 0.6 is 11.8 Å². The third kappa shape index (κ3) is 3.60. The molecule has 0 bridgehead atoms. The number of aromatic hydroxyl groups is 1. The molecule has 0 aliphatic carbocycles. The molecule has 2 aliphatic rings. The normalized spacial score (nSPS) is 19.2. The van der Waals surface area contributed by atoms with Crippen LogP contribution in [0.3, 0.4) is 0 Å². The first kappa shape index (κ1) is 16.7. The van der Waals surface area contributed by atoms with Crippen LogP contribution in [-0.4, -0.2) is 47.3 Å². The molecule has 1 saturated heterocycles. The number of benzene rings is 2. The lowest BCUT2D eigenvalue weighted by molar-refractivity contribution is -0.113. The second-order valence-corrected chi connectivity index (χ2v) is 7.22. The van der Waals surface area contributed by atoms with Crippen molar-refractivity contribution < 1.29 is 9.90 Å². The number of thioether (sulfide) groups is 1. The van der Waals surface area contributed by atoms with Gasteiger partial charge in [0.1, 0.15) is 5.75 Å². The summed E-state index contributed by atoms with van der Waals surface area (Å²) >= 11 is 1.43. The van der Waals surface area contributed by atoms with Crippen LogP contribution in [-0.2, 0) is 4.79 Å². The molecule has 1 fully saturated rings. The van der Waals surface area contributed by atoms with Crippen molar-refractivity contribution in [1.29, 1.82) is 0 Å². The van der Waals surface area contributed by atoms with E-state index < -0.39 is 0 Å². The molecule has 26 heavy (non-hydrogen) atoms. The van der Waals surface area contributed by atoms with Gasteiger partial charge in [0.15, 0.2) is 5.17 Å². The van der Waals surface area contributed by atoms with Crippen LogP contribution in [0.25, 0.3) is 6.08 Å². The van der Waals surface area contributed by atoms with Crippen molar-refractivity contribution in [2.24, 2.45) is 4.99 Å². The third-order valence-electron chi connectivity index (χ3n) is 4.47. The number of hydrogen-bond acceptors (Lipinski definition) is 5. The Labute approximate surface area is 156 Å². The number of amides is 1. The molecule has 1 amide bonds. The zero-order valence-electron chi connectivity index (χ0n) is 14.2. The zero-order valence-corrected chi connectivity index (χ0v) is 15.0. The highest BCUT2D eigenvalue weighted by atomic mass is 32.2. The molecule has 0 spiro atoms. The molecular weight excluding hydrogens is 346 g/mol. The molecule has 0 unspecified atom stereocenters. The van der Waals surface area contributed by atoms with Gasteiger partial charge in [-0.3, -0.25) is 4.79 Å². The summed E-state index contributed by atoms with van der Waals surface area (Å²) in [6.45, 7) is 3.52. The number of piperazine rings is 1. The number of para-hydroxylation sites is 1. The summed E-state index contributed by atoms with van der Waals surface area (Å²) in [6, 6.07) is 17.2. The predicted octanol–water partition coefficient (Wildman–Crippen LogP) is 3.18. The van der Waals surface area contributed by atoms with E-state index in [1.807, 2.05) is 12.1 Å². The van der Waals surface area contributed by atoms with Gasteiger partial charge in [-0.05, 0) is 47.7 Å². The molecule has 132 valence electrons. The zero-order chi connectivity index (χ0) is 17.9. The van der Waals surface area contributed by atoms with Gasteiger partial charge in [-0.15, -0.1) is 0 Å². The molecule has 0 atom stereocenters. The Balaban J connectivity index is 1.40. The molecule has 5 nitrogen and oxygen atoms in total. The highest BCUT2D eigenvalue weighted by molar-refractivity contribution is 8.18. The van der Waals surface area contributed by atoms with Crippen LogP contribution in [0.15, 0.2) is 64.5 Å². The van der Waals surface area contributed by atoms with Crippen LogP contribution in [0.5, 0.6) is 5.75 Å². The summed E-state index contributed by atoms with van der Waals surface area (Å²) in [5.41, 5.74) is 2.11. The molecule has 2 heterocycles. The molecule has 4 rings (SSSR count). The fourth-order valence-corrected chi connectivity index (χ4v) is 4.01. The summed E-state index contributed by atoms with van der Waals surface area (Å²) in [7, 11) is 0. The molecule has 2 aromatic rings. The molecule has 2 aromatic carbocycles. The Morgan fingerprint density at radius 2 is 1.58 bits per heavy atom. The van der Waals surface area contributed by atoms with E-state index in [9.17, 15) is 9.90 Å². The van der Waals surface area contributed by atoms with Gasteiger partial charge in [0.25, 0.3) is 5.91 Å². The number of amidine groups is 1. The van der Waals surface area contributed by atoms with Crippen LogP contribution in [0, 0.1) is 0 Å². The first-order chi connectivity index (χ1) is 12.7. The van der Waals surface area contributed by atoms with E-state index in [4.69, 9.17) is 0 Å². The number of aliphatic imine (C=N–C) groups is 1. The minimum Gasteiger partial charge on any atom is -0.508 e. The predicted molar refractivity (Wildman–Crippen MR) is 106 cm³/mol. The third-order valence-corrected chi connectivity index (χ3v) is 5.52. The number of anilines is 1. The summed E-state index contributed by atoms with van der Waals surface area (Å²) in [5.74, 6) is 0.0225. The minimum atomic E-state index is -0.191. The summed E-state index contributed by atoms with van der Waals surface area (Å²) in [5, 5.41) is 10.1. The van der Waals surface area contributed by atoms with Crippen molar-refractivity contribution in [2.75, 3.05) is 31.1 Å². The van der Waals surface area contributed by atoms with E-state index in [1.54, 1.807) is 24.3 Å². The number of phenolic OH excluding ortho intramolecular Hbond substituents is 1. The number of carbonyl (C=O) groups excluding carboxylic acids is 1. The fourth-order valence-electron chi connectivity index (χ4n) is 3.05. The molecule has 0 radical (unpaired) electrons. The molecule has 6 heteroatoms. The molecular formula is C20H19N3O2S. The van der Waals surface area contributed by atoms with Gasteiger partial charge in [0, 0.05) is 31.9 Å². The largest absolute Gasteiger partial charge is 0.508 e. The van der Waals surface area contributed by atoms with Gasteiger partial charge in [-0.2, -0.15) is 4.99 Å². The van der Waals surface area contributed by atoms with E-state index >= 15 is 0 Å². The summed E-state index contributed by atoms with van der Waals surface area (Å²) in [6.07, 6.45) is 1.82. The average Bonchev–Trinajstić information content (AvgIpc) is 3.05. The lowest BCUT2D eigenvalue weighted by atomic mass is 10.2. The van der Waals surface area contributed by atoms with Gasteiger partial charge in [-0.25, -0.2) is 0 Å². The number of nitrogens with zero attached hydrogens (tertiary/aromatic N) is 3. The van der Waals surface area contributed by atoms with Gasteiger partial charge in [0.2, 0.25) is 0 Å². The maximum Gasteiger partial charge on any atom is 0.286 e. The van der Waals surface area contributed by atoms with Gasteiger partial charge in [0.05, 0.1) is 4.91 Å². The Morgan fingerprint density at radius 3 is 2.27 bits per heavy atom. The maximum atomic E-state index is 12.2. The fraction of sp³-hybridized carbons (Fsp3) is 0.200. The van der Waals surface area contributed by atoms with Crippen LogP contribution in [0.2, 0.25) is 0 Å². The van der Waals surface area contributed by atoms with Crippen LogP contribution < -0.4 is 4.90 Å². The minimum absolute atomic E-state index is 0.191. The Morgan fingerprint density at radius 1 is 0.923 bits per heavy atom. The number of phenols is 1. The molecule has 0 aromatic heterocycles. The standard InChI is InChI=1S/C20H19N3O2S/c24-17-8-6-15(7-9-17)14-18-19(25)21-20(26-18)23-12-10-22(11-13-23)16-4-2-1-3-5-16/h1-9,14,24H,10-13H2/b18-14+. The quantitative estimate of drug-likeness (QED) is 0.829.